The SMILES string of the molecule is Cc1cc(Oc2cccc(C(F)(F)F)c2)nc(CNC(=O)C2CC2)n1. The predicted octanol–water partition coefficient (Wildman–Crippen LogP) is 3.62. The second-order valence-electron chi connectivity index (χ2n) is 5.88. The van der Waals surface area contributed by atoms with E-state index in [1.54, 1.807) is 6.92 Å². The van der Waals surface area contributed by atoms with Crippen molar-refractivity contribution in [3.05, 3.63) is 47.4 Å². The zero-order valence-electron chi connectivity index (χ0n) is 13.4. The number of ether oxygens (including phenoxy) is 1. The molecule has 8 heteroatoms. The summed E-state index contributed by atoms with van der Waals surface area (Å²) in [5.41, 5.74) is -0.208. The van der Waals surface area contributed by atoms with Crippen molar-refractivity contribution < 1.29 is 22.7 Å². The third-order valence-corrected chi connectivity index (χ3v) is 3.63. The Bertz CT molecular complexity index is 789. The first-order valence-electron chi connectivity index (χ1n) is 7.78. The number of rotatable bonds is 5. The molecule has 0 aliphatic heterocycles. The van der Waals surface area contributed by atoms with Crippen molar-refractivity contribution in [3.63, 3.8) is 0 Å². The number of nitrogens with zero attached hydrogens (tertiary/aromatic N) is 2. The minimum Gasteiger partial charge on any atom is -0.439 e. The van der Waals surface area contributed by atoms with Crippen LogP contribution in [0.4, 0.5) is 13.2 Å². The summed E-state index contributed by atoms with van der Waals surface area (Å²) in [4.78, 5) is 20.0. The molecule has 1 N–H and O–H groups in total. The van der Waals surface area contributed by atoms with Crippen LogP contribution < -0.4 is 10.1 Å². The van der Waals surface area contributed by atoms with Crippen molar-refractivity contribution >= 4 is 5.91 Å². The van der Waals surface area contributed by atoms with E-state index < -0.39 is 11.7 Å². The van der Waals surface area contributed by atoms with Crippen LogP contribution in [0.15, 0.2) is 30.3 Å². The smallest absolute Gasteiger partial charge is 0.416 e. The van der Waals surface area contributed by atoms with Crippen LogP contribution in [0.5, 0.6) is 11.6 Å². The maximum absolute atomic E-state index is 12.8. The lowest BCUT2D eigenvalue weighted by molar-refractivity contribution is -0.137. The van der Waals surface area contributed by atoms with Gasteiger partial charge in [0.1, 0.15) is 5.75 Å². The van der Waals surface area contributed by atoms with E-state index in [2.05, 4.69) is 15.3 Å². The van der Waals surface area contributed by atoms with Crippen LogP contribution in [-0.4, -0.2) is 15.9 Å². The number of alkyl halides is 3. The summed E-state index contributed by atoms with van der Waals surface area (Å²) < 4.78 is 43.7. The number of aryl methyl sites for hydroxylation is 1. The third kappa shape index (κ3) is 4.68. The lowest BCUT2D eigenvalue weighted by Crippen LogP contribution is -2.25. The maximum atomic E-state index is 12.8. The van der Waals surface area contributed by atoms with Gasteiger partial charge in [-0.1, -0.05) is 6.07 Å². The minimum absolute atomic E-state index is 0.0286. The van der Waals surface area contributed by atoms with Gasteiger partial charge in [-0.15, -0.1) is 0 Å². The number of halogens is 3. The van der Waals surface area contributed by atoms with E-state index >= 15 is 0 Å². The van der Waals surface area contributed by atoms with Gasteiger partial charge < -0.3 is 10.1 Å². The largest absolute Gasteiger partial charge is 0.439 e. The highest BCUT2D eigenvalue weighted by Gasteiger charge is 2.31. The zero-order chi connectivity index (χ0) is 18.0. The van der Waals surface area contributed by atoms with Crippen LogP contribution in [0.2, 0.25) is 0 Å². The van der Waals surface area contributed by atoms with Crippen LogP contribution in [-0.2, 0) is 17.5 Å². The Labute approximate surface area is 142 Å². The molecule has 1 aliphatic rings. The van der Waals surface area contributed by atoms with Crippen molar-refractivity contribution in [2.45, 2.75) is 32.5 Å². The summed E-state index contributed by atoms with van der Waals surface area (Å²) >= 11 is 0. The Kier molecular flexibility index (Phi) is 4.61. The Morgan fingerprint density at radius 3 is 2.72 bits per heavy atom. The van der Waals surface area contributed by atoms with Crippen LogP contribution in [0, 0.1) is 12.8 Å². The number of carbonyl (C=O) groups excluding carboxylic acids is 1. The highest BCUT2D eigenvalue weighted by atomic mass is 19.4. The van der Waals surface area contributed by atoms with Crippen molar-refractivity contribution in [1.29, 1.82) is 0 Å². The van der Waals surface area contributed by atoms with Gasteiger partial charge in [0.15, 0.2) is 5.82 Å². The number of hydrogen-bond donors (Lipinski definition) is 1. The molecule has 0 unspecified atom stereocenters. The molecule has 0 atom stereocenters. The summed E-state index contributed by atoms with van der Waals surface area (Å²) in [5.74, 6) is 0.537. The van der Waals surface area contributed by atoms with Gasteiger partial charge in [-0.3, -0.25) is 4.79 Å². The van der Waals surface area contributed by atoms with E-state index in [4.69, 9.17) is 4.74 Å². The first-order chi connectivity index (χ1) is 11.8. The van der Waals surface area contributed by atoms with Gasteiger partial charge in [-0.05, 0) is 38.0 Å². The predicted molar refractivity (Wildman–Crippen MR) is 82.9 cm³/mol. The van der Waals surface area contributed by atoms with E-state index in [0.29, 0.717) is 11.5 Å². The van der Waals surface area contributed by atoms with Gasteiger partial charge in [-0.2, -0.15) is 18.2 Å². The van der Waals surface area contributed by atoms with Crippen molar-refractivity contribution in [1.82, 2.24) is 15.3 Å². The molecule has 0 bridgehead atoms. The molecule has 3 rings (SSSR count). The standard InChI is InChI=1S/C17H16F3N3O2/c1-10-7-15(23-14(22-10)9-21-16(24)11-5-6-11)25-13-4-2-3-12(8-13)17(18,19)20/h2-4,7-8,11H,5-6,9H2,1H3,(H,21,24). The van der Waals surface area contributed by atoms with E-state index in [-0.39, 0.29) is 30.0 Å². The molecule has 1 aromatic carbocycles. The second kappa shape index (κ2) is 6.70. The number of hydrogen-bond acceptors (Lipinski definition) is 4. The summed E-state index contributed by atoms with van der Waals surface area (Å²) in [6, 6.07) is 6.08. The maximum Gasteiger partial charge on any atom is 0.416 e. The fraction of sp³-hybridized carbons (Fsp3) is 0.353. The molecule has 0 saturated heterocycles. The number of nitrogens with one attached hydrogen (secondary N) is 1. The quantitative estimate of drug-likeness (QED) is 0.894. The second-order valence-corrected chi connectivity index (χ2v) is 5.88. The van der Waals surface area contributed by atoms with Crippen LogP contribution in [0.3, 0.4) is 0 Å². The highest BCUT2D eigenvalue weighted by Crippen LogP contribution is 2.32. The molecule has 1 amide bonds. The van der Waals surface area contributed by atoms with Gasteiger partial charge in [0.25, 0.3) is 0 Å². The Balaban J connectivity index is 1.72. The summed E-state index contributed by atoms with van der Waals surface area (Å²) in [7, 11) is 0. The Morgan fingerprint density at radius 2 is 2.04 bits per heavy atom. The number of amides is 1. The molecule has 25 heavy (non-hydrogen) atoms. The topological polar surface area (TPSA) is 64.1 Å². The van der Waals surface area contributed by atoms with Crippen molar-refractivity contribution in [2.24, 2.45) is 5.92 Å². The lowest BCUT2D eigenvalue weighted by Gasteiger charge is -2.11. The highest BCUT2D eigenvalue weighted by molar-refractivity contribution is 5.80. The fourth-order valence-corrected chi connectivity index (χ4v) is 2.24. The molecular formula is C17H16F3N3O2. The monoisotopic (exact) mass is 351 g/mol. The van der Waals surface area contributed by atoms with Crippen molar-refractivity contribution in [2.75, 3.05) is 0 Å². The van der Waals surface area contributed by atoms with E-state index in [0.717, 1.165) is 25.0 Å². The van der Waals surface area contributed by atoms with E-state index in [1.165, 1.54) is 18.2 Å². The molecular weight excluding hydrogens is 335 g/mol. The molecule has 0 radical (unpaired) electrons. The van der Waals surface area contributed by atoms with Gasteiger partial charge in [-0.25, -0.2) is 4.98 Å². The minimum atomic E-state index is -4.45. The Hall–Kier alpha value is -2.64. The average Bonchev–Trinajstić information content (AvgIpc) is 3.36. The summed E-state index contributed by atoms with van der Waals surface area (Å²) in [6.45, 7) is 1.86. The van der Waals surface area contributed by atoms with Crippen LogP contribution >= 0.6 is 0 Å². The van der Waals surface area contributed by atoms with Crippen molar-refractivity contribution in [3.8, 4) is 11.6 Å². The van der Waals surface area contributed by atoms with Gasteiger partial charge in [0.05, 0.1) is 12.1 Å². The fourth-order valence-electron chi connectivity index (χ4n) is 2.24. The molecule has 0 spiro atoms. The van der Waals surface area contributed by atoms with Crippen LogP contribution in [0.25, 0.3) is 0 Å². The van der Waals surface area contributed by atoms with Gasteiger partial charge in [0, 0.05) is 17.7 Å². The number of carbonyl (C=O) groups is 1. The molecule has 132 valence electrons. The van der Waals surface area contributed by atoms with E-state index in [9.17, 15) is 18.0 Å². The summed E-state index contributed by atoms with van der Waals surface area (Å²) in [5, 5.41) is 2.74. The van der Waals surface area contributed by atoms with Crippen LogP contribution in [0.1, 0.15) is 29.9 Å². The first kappa shape index (κ1) is 17.2. The Morgan fingerprint density at radius 1 is 1.28 bits per heavy atom. The lowest BCUT2D eigenvalue weighted by atomic mass is 10.2. The zero-order valence-corrected chi connectivity index (χ0v) is 13.4. The molecule has 1 aliphatic carbocycles. The molecule has 1 aromatic heterocycles. The molecule has 2 aromatic rings. The van der Waals surface area contributed by atoms with Gasteiger partial charge in [0.2, 0.25) is 11.8 Å². The third-order valence-electron chi connectivity index (χ3n) is 3.63. The van der Waals surface area contributed by atoms with E-state index in [1.807, 2.05) is 0 Å². The molecule has 5 nitrogen and oxygen atoms in total. The first-order valence-corrected chi connectivity index (χ1v) is 7.78. The number of benzene rings is 1. The summed E-state index contributed by atoms with van der Waals surface area (Å²) in [6.07, 6.45) is -2.66. The number of aromatic nitrogens is 2. The molecule has 1 saturated carbocycles. The normalized spacial score (nSPS) is 14.2. The average molecular weight is 351 g/mol. The van der Waals surface area contributed by atoms with Gasteiger partial charge >= 0.3 is 6.18 Å². The molecule has 1 fully saturated rings. The molecule has 1 heterocycles.